The van der Waals surface area contributed by atoms with E-state index >= 15 is 0 Å². The van der Waals surface area contributed by atoms with Crippen molar-refractivity contribution in [3.05, 3.63) is 12.2 Å². The van der Waals surface area contributed by atoms with Crippen LogP contribution in [0.25, 0.3) is 0 Å². The second-order valence-corrected chi connectivity index (χ2v) is 6.73. The van der Waals surface area contributed by atoms with Gasteiger partial charge < -0.3 is 10.1 Å². The Balaban J connectivity index is 1.79. The van der Waals surface area contributed by atoms with Crippen molar-refractivity contribution in [3.63, 3.8) is 0 Å². The van der Waals surface area contributed by atoms with E-state index in [4.69, 9.17) is 4.74 Å². The maximum Gasteiger partial charge on any atom is 0.0731 e. The molecular formula is C15H28N2O. The maximum absolute atomic E-state index is 5.84. The van der Waals surface area contributed by atoms with Crippen molar-refractivity contribution < 1.29 is 4.74 Å². The molecule has 0 aromatic carbocycles. The molecule has 1 saturated carbocycles. The van der Waals surface area contributed by atoms with Crippen LogP contribution in [-0.2, 0) is 4.74 Å². The van der Waals surface area contributed by atoms with Crippen molar-refractivity contribution in [2.24, 2.45) is 0 Å². The lowest BCUT2D eigenvalue weighted by atomic mass is 10.1. The second kappa shape index (κ2) is 5.72. The third kappa shape index (κ3) is 3.81. The molecule has 2 unspecified atom stereocenters. The molecule has 1 aliphatic heterocycles. The monoisotopic (exact) mass is 252 g/mol. The smallest absolute Gasteiger partial charge is 0.0731 e. The molecule has 0 bridgehead atoms. The van der Waals surface area contributed by atoms with Gasteiger partial charge in [0, 0.05) is 31.2 Å². The Morgan fingerprint density at radius 2 is 2.17 bits per heavy atom. The van der Waals surface area contributed by atoms with Crippen LogP contribution in [0.5, 0.6) is 0 Å². The van der Waals surface area contributed by atoms with Crippen molar-refractivity contribution in [3.8, 4) is 0 Å². The summed E-state index contributed by atoms with van der Waals surface area (Å²) in [5.41, 5.74) is 1.46. The quantitative estimate of drug-likeness (QED) is 0.776. The molecule has 1 heterocycles. The van der Waals surface area contributed by atoms with E-state index in [1.54, 1.807) is 0 Å². The van der Waals surface area contributed by atoms with Crippen molar-refractivity contribution >= 4 is 0 Å². The molecule has 3 heteroatoms. The SMILES string of the molecule is C=C(CNC(C)(C)C)CN1CCOC2CCCC21. The molecule has 2 rings (SSSR count). The standard InChI is InChI=1S/C15H28N2O/c1-12(10-16-15(2,3)4)11-17-8-9-18-14-7-5-6-13(14)17/h13-14,16H,1,5-11H2,2-4H3. The van der Waals surface area contributed by atoms with Gasteiger partial charge in [-0.05, 0) is 45.6 Å². The van der Waals surface area contributed by atoms with Gasteiger partial charge in [-0.25, -0.2) is 0 Å². The van der Waals surface area contributed by atoms with Crippen LogP contribution in [0.3, 0.4) is 0 Å². The molecule has 0 aromatic rings. The van der Waals surface area contributed by atoms with Crippen LogP contribution in [0.15, 0.2) is 12.2 Å². The number of morpholine rings is 1. The molecule has 104 valence electrons. The van der Waals surface area contributed by atoms with Gasteiger partial charge >= 0.3 is 0 Å². The van der Waals surface area contributed by atoms with E-state index in [1.165, 1.54) is 24.8 Å². The highest BCUT2D eigenvalue weighted by molar-refractivity contribution is 5.04. The number of nitrogens with one attached hydrogen (secondary N) is 1. The fourth-order valence-corrected chi connectivity index (χ4v) is 2.94. The predicted octanol–water partition coefficient (Wildman–Crippen LogP) is 2.18. The fourth-order valence-electron chi connectivity index (χ4n) is 2.94. The minimum atomic E-state index is 0.170. The molecule has 2 aliphatic rings. The van der Waals surface area contributed by atoms with E-state index < -0.39 is 0 Å². The lowest BCUT2D eigenvalue weighted by Crippen LogP contribution is -2.49. The largest absolute Gasteiger partial charge is 0.375 e. The van der Waals surface area contributed by atoms with Crippen LogP contribution in [0.2, 0.25) is 0 Å². The van der Waals surface area contributed by atoms with Crippen LogP contribution in [0, 0.1) is 0 Å². The van der Waals surface area contributed by atoms with Crippen LogP contribution >= 0.6 is 0 Å². The first-order valence-electron chi connectivity index (χ1n) is 7.23. The van der Waals surface area contributed by atoms with Gasteiger partial charge in [-0.2, -0.15) is 0 Å². The molecule has 1 saturated heterocycles. The van der Waals surface area contributed by atoms with E-state index in [1.807, 2.05) is 0 Å². The maximum atomic E-state index is 5.84. The highest BCUT2D eigenvalue weighted by Crippen LogP contribution is 2.29. The van der Waals surface area contributed by atoms with Crippen molar-refractivity contribution in [1.82, 2.24) is 10.2 Å². The first kappa shape index (κ1) is 14.0. The summed E-state index contributed by atoms with van der Waals surface area (Å²) in [5.74, 6) is 0. The van der Waals surface area contributed by atoms with E-state index in [0.717, 1.165) is 26.2 Å². The Bertz CT molecular complexity index is 295. The molecule has 0 spiro atoms. The minimum Gasteiger partial charge on any atom is -0.375 e. The number of hydrogen-bond donors (Lipinski definition) is 1. The zero-order valence-electron chi connectivity index (χ0n) is 12.2. The summed E-state index contributed by atoms with van der Waals surface area (Å²) < 4.78 is 5.84. The Morgan fingerprint density at radius 1 is 1.39 bits per heavy atom. The number of hydrogen-bond acceptors (Lipinski definition) is 3. The molecule has 3 nitrogen and oxygen atoms in total. The van der Waals surface area contributed by atoms with Gasteiger partial charge in [0.2, 0.25) is 0 Å². The van der Waals surface area contributed by atoms with Gasteiger partial charge in [0.25, 0.3) is 0 Å². The van der Waals surface area contributed by atoms with Gasteiger partial charge in [-0.3, -0.25) is 4.90 Å². The molecule has 0 amide bonds. The van der Waals surface area contributed by atoms with Crippen LogP contribution < -0.4 is 5.32 Å². The molecule has 0 radical (unpaired) electrons. The normalized spacial score (nSPS) is 29.3. The number of nitrogens with zero attached hydrogens (tertiary/aromatic N) is 1. The highest BCUT2D eigenvalue weighted by Gasteiger charge is 2.35. The van der Waals surface area contributed by atoms with Crippen LogP contribution in [0.1, 0.15) is 40.0 Å². The second-order valence-electron chi connectivity index (χ2n) is 6.73. The first-order valence-corrected chi connectivity index (χ1v) is 7.23. The molecule has 18 heavy (non-hydrogen) atoms. The van der Waals surface area contributed by atoms with Gasteiger partial charge in [-0.1, -0.05) is 6.58 Å². The Kier molecular flexibility index (Phi) is 4.46. The topological polar surface area (TPSA) is 24.5 Å². The van der Waals surface area contributed by atoms with Crippen LogP contribution in [0.4, 0.5) is 0 Å². The third-order valence-corrected chi connectivity index (χ3v) is 3.89. The zero-order valence-corrected chi connectivity index (χ0v) is 12.2. The van der Waals surface area contributed by atoms with Crippen molar-refractivity contribution in [2.75, 3.05) is 26.2 Å². The Hall–Kier alpha value is -0.380. The summed E-state index contributed by atoms with van der Waals surface area (Å²) in [5, 5.41) is 3.51. The Labute approximate surface area is 112 Å². The van der Waals surface area contributed by atoms with Crippen molar-refractivity contribution in [2.45, 2.75) is 57.7 Å². The molecular weight excluding hydrogens is 224 g/mol. The first-order chi connectivity index (χ1) is 8.46. The minimum absolute atomic E-state index is 0.170. The summed E-state index contributed by atoms with van der Waals surface area (Å²) in [6.45, 7) is 14.7. The molecule has 1 N–H and O–H groups in total. The van der Waals surface area contributed by atoms with Gasteiger partial charge in [-0.15, -0.1) is 0 Å². The summed E-state index contributed by atoms with van der Waals surface area (Å²) in [7, 11) is 0. The number of ether oxygens (including phenoxy) is 1. The van der Waals surface area contributed by atoms with Gasteiger partial charge in [0.05, 0.1) is 12.7 Å². The lowest BCUT2D eigenvalue weighted by Gasteiger charge is -2.38. The average Bonchev–Trinajstić information content (AvgIpc) is 2.74. The summed E-state index contributed by atoms with van der Waals surface area (Å²) in [6, 6.07) is 0.644. The fraction of sp³-hybridized carbons (Fsp3) is 0.867. The molecule has 0 aromatic heterocycles. The van der Waals surface area contributed by atoms with E-state index in [2.05, 4.69) is 37.6 Å². The Morgan fingerprint density at radius 3 is 2.89 bits per heavy atom. The third-order valence-electron chi connectivity index (χ3n) is 3.89. The van der Waals surface area contributed by atoms with Gasteiger partial charge in [0.1, 0.15) is 0 Å². The molecule has 1 aliphatic carbocycles. The summed E-state index contributed by atoms with van der Waals surface area (Å²) >= 11 is 0. The molecule has 2 atom stereocenters. The predicted molar refractivity (Wildman–Crippen MR) is 75.8 cm³/mol. The summed E-state index contributed by atoms with van der Waals surface area (Å²) in [4.78, 5) is 2.58. The van der Waals surface area contributed by atoms with E-state index in [0.29, 0.717) is 12.1 Å². The highest BCUT2D eigenvalue weighted by atomic mass is 16.5. The van der Waals surface area contributed by atoms with Crippen molar-refractivity contribution in [1.29, 1.82) is 0 Å². The average molecular weight is 252 g/mol. The van der Waals surface area contributed by atoms with Gasteiger partial charge in [0.15, 0.2) is 0 Å². The van der Waals surface area contributed by atoms with Crippen LogP contribution in [-0.4, -0.2) is 48.8 Å². The molecule has 2 fully saturated rings. The van der Waals surface area contributed by atoms with E-state index in [-0.39, 0.29) is 5.54 Å². The zero-order chi connectivity index (χ0) is 13.2. The number of fused-ring (bicyclic) bond motifs is 1. The number of rotatable bonds is 4. The van der Waals surface area contributed by atoms with E-state index in [9.17, 15) is 0 Å². The summed E-state index contributed by atoms with van der Waals surface area (Å²) in [6.07, 6.45) is 4.35. The lowest BCUT2D eigenvalue weighted by molar-refractivity contribution is -0.0521.